The number of thioether (sulfide) groups is 1. The van der Waals surface area contributed by atoms with Gasteiger partial charge >= 0.3 is 23.9 Å². The zero-order chi connectivity index (χ0) is 36.3. The second kappa shape index (κ2) is 14.8. The van der Waals surface area contributed by atoms with Gasteiger partial charge in [0.2, 0.25) is 0 Å². The van der Waals surface area contributed by atoms with Crippen LogP contribution in [0.25, 0.3) is 22.1 Å². The first-order chi connectivity index (χ1) is 22.0. The SMILES string of the molecule is CCCCCc1ccc(-c2cc3ccc(SCC(COC(=O)C(C)(CC(C)(C)N)C(C)(C)N)C(F)(F)F)cc3oc2=O)c(C(F)(F)F)c1. The summed E-state index contributed by atoms with van der Waals surface area (Å²) in [6, 6.07) is 9.46. The van der Waals surface area contributed by atoms with E-state index in [2.05, 4.69) is 0 Å². The number of carbonyl (C=O) groups is 1. The molecule has 3 aromatic rings. The minimum absolute atomic E-state index is 0.00109. The van der Waals surface area contributed by atoms with Crippen LogP contribution >= 0.6 is 11.8 Å². The summed E-state index contributed by atoms with van der Waals surface area (Å²) in [5.41, 5.74) is 6.92. The molecule has 0 fully saturated rings. The average Bonchev–Trinajstić information content (AvgIpc) is 2.94. The van der Waals surface area contributed by atoms with E-state index < -0.39 is 64.3 Å². The van der Waals surface area contributed by atoms with Crippen molar-refractivity contribution in [1.29, 1.82) is 0 Å². The van der Waals surface area contributed by atoms with Gasteiger partial charge in [0, 0.05) is 32.7 Å². The van der Waals surface area contributed by atoms with Crippen LogP contribution in [0.5, 0.6) is 0 Å². The molecule has 48 heavy (non-hydrogen) atoms. The summed E-state index contributed by atoms with van der Waals surface area (Å²) in [5, 5.41) is 0.293. The summed E-state index contributed by atoms with van der Waals surface area (Å²) in [5.74, 6) is -3.47. The minimum atomic E-state index is -4.72. The number of unbranched alkanes of at least 4 members (excludes halogenated alkanes) is 2. The Labute approximate surface area is 281 Å². The third kappa shape index (κ3) is 10.0. The smallest absolute Gasteiger partial charge is 0.417 e. The molecule has 2 unspecified atom stereocenters. The summed E-state index contributed by atoms with van der Waals surface area (Å²) in [4.78, 5) is 26.4. The van der Waals surface area contributed by atoms with E-state index in [0.717, 1.165) is 37.1 Å². The largest absolute Gasteiger partial charge is 0.465 e. The predicted octanol–water partition coefficient (Wildman–Crippen LogP) is 8.90. The average molecular weight is 703 g/mol. The van der Waals surface area contributed by atoms with Crippen molar-refractivity contribution in [2.75, 3.05) is 12.4 Å². The number of hydrogen-bond acceptors (Lipinski definition) is 7. The van der Waals surface area contributed by atoms with E-state index in [1.165, 1.54) is 37.3 Å². The highest BCUT2D eigenvalue weighted by molar-refractivity contribution is 7.99. The number of fused-ring (bicyclic) bond motifs is 1. The van der Waals surface area contributed by atoms with E-state index in [-0.39, 0.29) is 23.1 Å². The zero-order valence-corrected chi connectivity index (χ0v) is 28.8. The molecule has 0 radical (unpaired) electrons. The van der Waals surface area contributed by atoms with E-state index in [0.29, 0.717) is 22.3 Å². The molecule has 1 aromatic heterocycles. The molecule has 6 nitrogen and oxygen atoms in total. The van der Waals surface area contributed by atoms with Crippen LogP contribution in [0, 0.1) is 11.3 Å². The molecular formula is C35H44F6N2O4S. The first-order valence-corrected chi connectivity index (χ1v) is 16.7. The molecule has 0 aliphatic heterocycles. The zero-order valence-electron chi connectivity index (χ0n) is 28.0. The van der Waals surface area contributed by atoms with Gasteiger partial charge in [-0.25, -0.2) is 4.79 Å². The predicted molar refractivity (Wildman–Crippen MR) is 177 cm³/mol. The van der Waals surface area contributed by atoms with Gasteiger partial charge in [-0.1, -0.05) is 38.0 Å². The number of aryl methyl sites for hydroxylation is 1. The van der Waals surface area contributed by atoms with Gasteiger partial charge in [0.15, 0.2) is 0 Å². The molecule has 13 heteroatoms. The van der Waals surface area contributed by atoms with Crippen molar-refractivity contribution in [2.24, 2.45) is 22.8 Å². The van der Waals surface area contributed by atoms with Crippen molar-refractivity contribution in [1.82, 2.24) is 0 Å². The number of alkyl halides is 6. The molecule has 0 saturated heterocycles. The first kappa shape index (κ1) is 39.4. The van der Waals surface area contributed by atoms with Gasteiger partial charge in [0.1, 0.15) is 12.2 Å². The second-order valence-electron chi connectivity index (χ2n) is 13.8. The van der Waals surface area contributed by atoms with Crippen LogP contribution in [0.4, 0.5) is 26.3 Å². The number of nitrogens with two attached hydrogens (primary N) is 2. The Morgan fingerprint density at radius 2 is 1.58 bits per heavy atom. The third-order valence-electron chi connectivity index (χ3n) is 8.47. The van der Waals surface area contributed by atoms with Crippen molar-refractivity contribution in [3.8, 4) is 11.1 Å². The molecule has 0 spiro atoms. The summed E-state index contributed by atoms with van der Waals surface area (Å²) >= 11 is 0.800. The van der Waals surface area contributed by atoms with Gasteiger partial charge in [-0.05, 0) is 83.7 Å². The monoisotopic (exact) mass is 702 g/mol. The number of halogens is 6. The van der Waals surface area contributed by atoms with Crippen molar-refractivity contribution >= 4 is 28.7 Å². The van der Waals surface area contributed by atoms with Gasteiger partial charge in [0.05, 0.1) is 22.5 Å². The van der Waals surface area contributed by atoms with Gasteiger partial charge < -0.3 is 20.6 Å². The Kier molecular flexibility index (Phi) is 12.2. The number of benzene rings is 2. The van der Waals surface area contributed by atoms with Crippen LogP contribution in [0.1, 0.15) is 78.4 Å². The quantitative estimate of drug-likeness (QED) is 0.0568. The first-order valence-electron chi connectivity index (χ1n) is 15.7. The van der Waals surface area contributed by atoms with Crippen molar-refractivity contribution < 1.29 is 40.3 Å². The molecule has 0 amide bonds. The third-order valence-corrected chi connectivity index (χ3v) is 9.62. The summed E-state index contributed by atoms with van der Waals surface area (Å²) in [6.45, 7) is 9.09. The van der Waals surface area contributed by atoms with Gasteiger partial charge in [-0.2, -0.15) is 26.3 Å². The van der Waals surface area contributed by atoms with E-state index in [9.17, 15) is 35.9 Å². The molecule has 0 saturated carbocycles. The Hall–Kier alpha value is -3.03. The standard InChI is InChI=1S/C35H44F6N2O4S/c1-7-8-9-10-21-11-14-25(27(15-21)35(39,40)41)26-16-22-12-13-24(17-28(22)47-29(26)44)48-19-23(34(36,37)38)18-46-30(45)33(6,32(4,5)43)20-31(2,3)42/h11-17,23H,7-10,18-20,42-43H2,1-6H3. The van der Waals surface area contributed by atoms with Crippen molar-refractivity contribution in [3.05, 3.63) is 64.0 Å². The molecule has 266 valence electrons. The molecule has 0 bridgehead atoms. The number of ether oxygens (including phenoxy) is 1. The molecule has 3 rings (SSSR count). The van der Waals surface area contributed by atoms with Crippen LogP contribution in [0.2, 0.25) is 0 Å². The van der Waals surface area contributed by atoms with Crippen LogP contribution in [0.15, 0.2) is 56.6 Å². The molecule has 2 aromatic carbocycles. The van der Waals surface area contributed by atoms with E-state index >= 15 is 0 Å². The summed E-state index contributed by atoms with van der Waals surface area (Å²) < 4.78 is 94.8. The maximum Gasteiger partial charge on any atom is 0.417 e. The number of esters is 1. The fraction of sp³-hybridized carbons (Fsp3) is 0.543. The van der Waals surface area contributed by atoms with Crippen LogP contribution in [-0.2, 0) is 22.1 Å². The van der Waals surface area contributed by atoms with Crippen molar-refractivity contribution in [2.45, 2.75) is 102 Å². The van der Waals surface area contributed by atoms with Crippen molar-refractivity contribution in [3.63, 3.8) is 0 Å². The summed E-state index contributed by atoms with van der Waals surface area (Å²) in [6.07, 6.45) is -6.36. The highest BCUT2D eigenvalue weighted by atomic mass is 32.2. The maximum absolute atomic E-state index is 14.1. The van der Waals surface area contributed by atoms with Crippen LogP contribution in [0.3, 0.4) is 0 Å². The number of rotatable bonds is 14. The number of hydrogen-bond donors (Lipinski definition) is 2. The van der Waals surface area contributed by atoms with Gasteiger partial charge in [0.25, 0.3) is 0 Å². The van der Waals surface area contributed by atoms with E-state index in [4.69, 9.17) is 20.6 Å². The molecule has 0 aliphatic carbocycles. The van der Waals surface area contributed by atoms with Crippen LogP contribution in [-0.4, -0.2) is 35.6 Å². The summed E-state index contributed by atoms with van der Waals surface area (Å²) in [7, 11) is 0. The minimum Gasteiger partial charge on any atom is -0.465 e. The molecule has 1 heterocycles. The highest BCUT2D eigenvalue weighted by Gasteiger charge is 2.50. The second-order valence-corrected chi connectivity index (χ2v) is 14.9. The Balaban J connectivity index is 1.83. The van der Waals surface area contributed by atoms with E-state index in [1.54, 1.807) is 33.8 Å². The fourth-order valence-corrected chi connectivity index (χ4v) is 6.44. The van der Waals surface area contributed by atoms with Gasteiger partial charge in [-0.15, -0.1) is 11.8 Å². The molecule has 0 aliphatic rings. The lowest BCUT2D eigenvalue weighted by Crippen LogP contribution is -2.58. The lowest BCUT2D eigenvalue weighted by molar-refractivity contribution is -0.190. The Morgan fingerprint density at radius 3 is 2.15 bits per heavy atom. The normalized spacial score (nSPS) is 15.0. The number of carbonyl (C=O) groups excluding carboxylic acids is 1. The Morgan fingerprint density at radius 1 is 0.917 bits per heavy atom. The van der Waals surface area contributed by atoms with E-state index in [1.807, 2.05) is 6.92 Å². The lowest BCUT2D eigenvalue weighted by atomic mass is 9.67. The fourth-order valence-electron chi connectivity index (χ4n) is 5.41. The molecule has 4 N–H and O–H groups in total. The van der Waals surface area contributed by atoms with Gasteiger partial charge in [-0.3, -0.25) is 4.79 Å². The molecule has 2 atom stereocenters. The lowest BCUT2D eigenvalue weighted by Gasteiger charge is -2.43. The Bertz CT molecular complexity index is 1640. The highest BCUT2D eigenvalue weighted by Crippen LogP contribution is 2.40. The topological polar surface area (TPSA) is 109 Å². The maximum atomic E-state index is 14.1. The van der Waals surface area contributed by atoms with Crippen LogP contribution < -0.4 is 17.1 Å². The molecular weight excluding hydrogens is 658 g/mol.